The average molecular weight is 275 g/mol. The first-order valence-corrected chi connectivity index (χ1v) is 6.64. The zero-order chi connectivity index (χ0) is 13.8. The number of guanidine groups is 1. The Hall–Kier alpha value is -2.31. The van der Waals surface area contributed by atoms with Crippen molar-refractivity contribution in [1.29, 1.82) is 0 Å². The summed E-state index contributed by atoms with van der Waals surface area (Å²) < 4.78 is 10.4. The van der Waals surface area contributed by atoms with Gasteiger partial charge in [-0.1, -0.05) is 5.16 Å². The van der Waals surface area contributed by atoms with Gasteiger partial charge in [-0.3, -0.25) is 4.99 Å². The largest absolute Gasteiger partial charge is 0.467 e. The molecule has 0 aromatic carbocycles. The Morgan fingerprint density at radius 1 is 1.40 bits per heavy atom. The van der Waals surface area contributed by atoms with Gasteiger partial charge in [-0.15, -0.1) is 0 Å². The van der Waals surface area contributed by atoms with Crippen LogP contribution >= 0.6 is 0 Å². The van der Waals surface area contributed by atoms with Crippen molar-refractivity contribution >= 4 is 5.96 Å². The Kier molecular flexibility index (Phi) is 3.67. The zero-order valence-corrected chi connectivity index (χ0v) is 11.3. The van der Waals surface area contributed by atoms with Gasteiger partial charge in [0, 0.05) is 13.0 Å². The first kappa shape index (κ1) is 12.7. The van der Waals surface area contributed by atoms with Gasteiger partial charge in [0.25, 0.3) is 0 Å². The van der Waals surface area contributed by atoms with E-state index in [9.17, 15) is 0 Å². The monoisotopic (exact) mass is 275 g/mol. The molecule has 2 aromatic heterocycles. The molecule has 0 spiro atoms. The minimum absolute atomic E-state index is 0.479. The van der Waals surface area contributed by atoms with Crippen molar-refractivity contribution in [3.8, 4) is 0 Å². The molecular formula is C13H17N5O2. The smallest absolute Gasteiger partial charge is 0.229 e. The van der Waals surface area contributed by atoms with Crippen molar-refractivity contribution in [2.75, 3.05) is 7.05 Å². The van der Waals surface area contributed by atoms with Crippen LogP contribution in [0.3, 0.4) is 0 Å². The number of hydrogen-bond acceptors (Lipinski definition) is 5. The lowest BCUT2D eigenvalue weighted by Gasteiger charge is -2.08. The number of hydrogen-bond donors (Lipinski definition) is 2. The maximum absolute atomic E-state index is 5.24. The van der Waals surface area contributed by atoms with Crippen LogP contribution in [-0.2, 0) is 13.1 Å². The van der Waals surface area contributed by atoms with E-state index in [1.165, 1.54) is 0 Å². The molecule has 0 saturated heterocycles. The number of nitrogens with one attached hydrogen (secondary N) is 2. The fourth-order valence-corrected chi connectivity index (χ4v) is 1.80. The highest BCUT2D eigenvalue weighted by Gasteiger charge is 2.29. The second kappa shape index (κ2) is 5.77. The quantitative estimate of drug-likeness (QED) is 0.633. The molecular weight excluding hydrogens is 258 g/mol. The molecule has 1 aliphatic carbocycles. The van der Waals surface area contributed by atoms with E-state index < -0.39 is 0 Å². The third-order valence-corrected chi connectivity index (χ3v) is 3.06. The van der Waals surface area contributed by atoms with E-state index in [0.29, 0.717) is 30.8 Å². The number of furan rings is 1. The third kappa shape index (κ3) is 3.17. The Balaban J connectivity index is 1.47. The van der Waals surface area contributed by atoms with Gasteiger partial charge < -0.3 is 19.6 Å². The highest BCUT2D eigenvalue weighted by Crippen LogP contribution is 2.38. The highest BCUT2D eigenvalue weighted by molar-refractivity contribution is 5.79. The number of aliphatic imine (C=N–C) groups is 1. The molecule has 20 heavy (non-hydrogen) atoms. The van der Waals surface area contributed by atoms with Crippen LogP contribution in [0.4, 0.5) is 0 Å². The van der Waals surface area contributed by atoms with Crippen LogP contribution in [0.2, 0.25) is 0 Å². The zero-order valence-electron chi connectivity index (χ0n) is 11.3. The van der Waals surface area contributed by atoms with Crippen molar-refractivity contribution in [2.24, 2.45) is 4.99 Å². The van der Waals surface area contributed by atoms with Gasteiger partial charge in [0.15, 0.2) is 11.8 Å². The molecule has 7 nitrogen and oxygen atoms in total. The molecule has 2 aromatic rings. The predicted molar refractivity (Wildman–Crippen MR) is 72.0 cm³/mol. The van der Waals surface area contributed by atoms with Crippen molar-refractivity contribution < 1.29 is 8.94 Å². The molecule has 2 N–H and O–H groups in total. The molecule has 0 unspecified atom stereocenters. The first-order chi connectivity index (χ1) is 9.85. The van der Waals surface area contributed by atoms with Crippen molar-refractivity contribution in [1.82, 2.24) is 20.8 Å². The van der Waals surface area contributed by atoms with Crippen molar-refractivity contribution in [3.63, 3.8) is 0 Å². The normalized spacial score (nSPS) is 15.3. The second-order valence-corrected chi connectivity index (χ2v) is 4.68. The van der Waals surface area contributed by atoms with Gasteiger partial charge in [0.1, 0.15) is 5.76 Å². The van der Waals surface area contributed by atoms with Crippen molar-refractivity contribution in [3.05, 3.63) is 35.9 Å². The number of aromatic nitrogens is 2. The van der Waals surface area contributed by atoms with E-state index >= 15 is 0 Å². The molecule has 0 aliphatic heterocycles. The van der Waals surface area contributed by atoms with E-state index in [2.05, 4.69) is 25.8 Å². The maximum Gasteiger partial charge on any atom is 0.229 e. The minimum atomic E-state index is 0.479. The fourth-order valence-electron chi connectivity index (χ4n) is 1.80. The van der Waals surface area contributed by atoms with E-state index in [0.717, 1.165) is 24.5 Å². The molecule has 2 heterocycles. The Morgan fingerprint density at radius 3 is 2.95 bits per heavy atom. The fraction of sp³-hybridized carbons (Fsp3) is 0.462. The van der Waals surface area contributed by atoms with Crippen LogP contribution in [0.15, 0.2) is 32.3 Å². The van der Waals surface area contributed by atoms with Gasteiger partial charge in [-0.2, -0.15) is 4.98 Å². The SMILES string of the molecule is CN=C(NCc1noc(C2CC2)n1)NCc1ccco1. The summed E-state index contributed by atoms with van der Waals surface area (Å²) in [6, 6.07) is 3.76. The van der Waals surface area contributed by atoms with E-state index in [1.54, 1.807) is 13.3 Å². The Labute approximate surface area is 116 Å². The van der Waals surface area contributed by atoms with Crippen LogP contribution in [0.5, 0.6) is 0 Å². The van der Waals surface area contributed by atoms with Crippen LogP contribution in [0.25, 0.3) is 0 Å². The lowest BCUT2D eigenvalue weighted by molar-refractivity contribution is 0.373. The van der Waals surface area contributed by atoms with Crippen LogP contribution < -0.4 is 10.6 Å². The average Bonchev–Trinajstić information content (AvgIpc) is 3.01. The van der Waals surface area contributed by atoms with Crippen LogP contribution in [0.1, 0.15) is 36.2 Å². The van der Waals surface area contributed by atoms with Crippen molar-refractivity contribution in [2.45, 2.75) is 31.8 Å². The lowest BCUT2D eigenvalue weighted by atomic mass is 10.4. The lowest BCUT2D eigenvalue weighted by Crippen LogP contribution is -2.36. The molecule has 1 saturated carbocycles. The van der Waals surface area contributed by atoms with E-state index in [4.69, 9.17) is 8.94 Å². The van der Waals surface area contributed by atoms with E-state index in [1.807, 2.05) is 12.1 Å². The molecule has 0 amide bonds. The molecule has 0 atom stereocenters. The van der Waals surface area contributed by atoms with Gasteiger partial charge in [-0.05, 0) is 25.0 Å². The molecule has 106 valence electrons. The van der Waals surface area contributed by atoms with E-state index in [-0.39, 0.29) is 0 Å². The summed E-state index contributed by atoms with van der Waals surface area (Å²) in [6.07, 6.45) is 3.95. The predicted octanol–water partition coefficient (Wildman–Crippen LogP) is 1.41. The minimum Gasteiger partial charge on any atom is -0.467 e. The molecule has 7 heteroatoms. The van der Waals surface area contributed by atoms with Gasteiger partial charge in [0.2, 0.25) is 5.89 Å². The molecule has 0 bridgehead atoms. The first-order valence-electron chi connectivity index (χ1n) is 6.64. The van der Waals surface area contributed by atoms with Crippen LogP contribution in [-0.4, -0.2) is 23.1 Å². The molecule has 1 fully saturated rings. The molecule has 3 rings (SSSR count). The molecule has 1 aliphatic rings. The number of nitrogens with zero attached hydrogens (tertiary/aromatic N) is 3. The number of rotatable bonds is 5. The standard InChI is InChI=1S/C13H17N5O2/c1-14-13(15-7-10-3-2-6-19-10)16-8-11-17-12(20-18-11)9-4-5-9/h2-3,6,9H,4-5,7-8H2,1H3,(H2,14,15,16). The summed E-state index contributed by atoms with van der Waals surface area (Å²) in [5.74, 6) is 3.39. The van der Waals surface area contributed by atoms with Gasteiger partial charge >= 0.3 is 0 Å². The van der Waals surface area contributed by atoms with Gasteiger partial charge in [0.05, 0.1) is 19.4 Å². The van der Waals surface area contributed by atoms with Crippen LogP contribution in [0, 0.1) is 0 Å². The summed E-state index contributed by atoms with van der Waals surface area (Å²) in [5.41, 5.74) is 0. The van der Waals surface area contributed by atoms with Gasteiger partial charge in [-0.25, -0.2) is 0 Å². The summed E-state index contributed by atoms with van der Waals surface area (Å²) >= 11 is 0. The summed E-state index contributed by atoms with van der Waals surface area (Å²) in [7, 11) is 1.71. The maximum atomic E-state index is 5.24. The highest BCUT2D eigenvalue weighted by atomic mass is 16.5. The summed E-state index contributed by atoms with van der Waals surface area (Å²) in [6.45, 7) is 1.06. The summed E-state index contributed by atoms with van der Waals surface area (Å²) in [4.78, 5) is 8.47. The topological polar surface area (TPSA) is 88.5 Å². The second-order valence-electron chi connectivity index (χ2n) is 4.68. The Morgan fingerprint density at radius 2 is 2.25 bits per heavy atom. The third-order valence-electron chi connectivity index (χ3n) is 3.06. The molecule has 0 radical (unpaired) electrons. The Bertz CT molecular complexity index is 571. The summed E-state index contributed by atoms with van der Waals surface area (Å²) in [5, 5.41) is 10.2.